The van der Waals surface area contributed by atoms with Gasteiger partial charge in [0, 0.05) is 16.3 Å². The molecule has 0 aliphatic rings. The molecule has 0 atom stereocenters. The van der Waals surface area contributed by atoms with Crippen LogP contribution in [0.25, 0.3) is 0 Å². The van der Waals surface area contributed by atoms with Crippen LogP contribution in [0.5, 0.6) is 0 Å². The van der Waals surface area contributed by atoms with E-state index in [1.54, 1.807) is 17.8 Å². The summed E-state index contributed by atoms with van der Waals surface area (Å²) in [7, 11) is 0. The molecule has 2 aromatic carbocycles. The van der Waals surface area contributed by atoms with Crippen LogP contribution in [-0.2, 0) is 5.75 Å². The molecule has 2 N–H and O–H groups in total. The lowest BCUT2D eigenvalue weighted by atomic mass is 10.1. The van der Waals surface area contributed by atoms with Crippen LogP contribution in [0.2, 0.25) is 0 Å². The Morgan fingerprint density at radius 1 is 1.06 bits per heavy atom. The molecule has 0 aromatic heterocycles. The SMILES string of the molecule is Cc1cc(F)ccc1CSc1ccc(N)cc1C. The zero-order valence-corrected chi connectivity index (χ0v) is 11.4. The van der Waals surface area contributed by atoms with E-state index in [4.69, 9.17) is 5.73 Å². The molecule has 0 heterocycles. The van der Waals surface area contributed by atoms with Gasteiger partial charge in [0.15, 0.2) is 0 Å². The summed E-state index contributed by atoms with van der Waals surface area (Å²) in [6, 6.07) is 10.9. The van der Waals surface area contributed by atoms with Crippen molar-refractivity contribution in [2.75, 3.05) is 5.73 Å². The van der Waals surface area contributed by atoms with E-state index in [2.05, 4.69) is 6.92 Å². The van der Waals surface area contributed by atoms with Crippen molar-refractivity contribution in [3.05, 3.63) is 58.9 Å². The van der Waals surface area contributed by atoms with Gasteiger partial charge in [-0.3, -0.25) is 0 Å². The van der Waals surface area contributed by atoms with Crippen molar-refractivity contribution in [2.24, 2.45) is 0 Å². The second-order valence-electron chi connectivity index (χ2n) is 4.38. The molecule has 0 saturated carbocycles. The van der Waals surface area contributed by atoms with Gasteiger partial charge in [-0.2, -0.15) is 0 Å². The Morgan fingerprint density at radius 2 is 1.83 bits per heavy atom. The smallest absolute Gasteiger partial charge is 0.123 e. The van der Waals surface area contributed by atoms with Gasteiger partial charge in [-0.05, 0) is 60.9 Å². The molecule has 3 heteroatoms. The number of thioether (sulfide) groups is 1. The van der Waals surface area contributed by atoms with Gasteiger partial charge in [0.2, 0.25) is 0 Å². The maximum atomic E-state index is 13.0. The van der Waals surface area contributed by atoms with E-state index in [0.717, 1.165) is 22.6 Å². The van der Waals surface area contributed by atoms with E-state index < -0.39 is 0 Å². The van der Waals surface area contributed by atoms with Crippen LogP contribution in [0.4, 0.5) is 10.1 Å². The number of aryl methyl sites for hydroxylation is 2. The molecule has 0 amide bonds. The quantitative estimate of drug-likeness (QED) is 0.658. The third-order valence-electron chi connectivity index (χ3n) is 2.89. The van der Waals surface area contributed by atoms with Crippen molar-refractivity contribution in [3.8, 4) is 0 Å². The summed E-state index contributed by atoms with van der Waals surface area (Å²) in [4.78, 5) is 1.22. The fourth-order valence-electron chi connectivity index (χ4n) is 1.81. The molecule has 0 aliphatic carbocycles. The molecule has 0 aliphatic heterocycles. The molecule has 0 saturated heterocycles. The minimum Gasteiger partial charge on any atom is -0.399 e. The number of benzene rings is 2. The molecule has 18 heavy (non-hydrogen) atoms. The maximum Gasteiger partial charge on any atom is 0.123 e. The highest BCUT2D eigenvalue weighted by Gasteiger charge is 2.03. The number of hydrogen-bond donors (Lipinski definition) is 1. The lowest BCUT2D eigenvalue weighted by Gasteiger charge is -2.08. The van der Waals surface area contributed by atoms with E-state index in [1.165, 1.54) is 16.5 Å². The van der Waals surface area contributed by atoms with Gasteiger partial charge in [-0.15, -0.1) is 11.8 Å². The van der Waals surface area contributed by atoms with Crippen molar-refractivity contribution >= 4 is 17.4 Å². The summed E-state index contributed by atoms with van der Waals surface area (Å²) >= 11 is 1.75. The van der Waals surface area contributed by atoms with E-state index in [9.17, 15) is 4.39 Å². The van der Waals surface area contributed by atoms with Crippen LogP contribution in [0, 0.1) is 19.7 Å². The summed E-state index contributed by atoms with van der Waals surface area (Å²) in [6.45, 7) is 3.99. The zero-order valence-electron chi connectivity index (χ0n) is 10.5. The third kappa shape index (κ3) is 3.05. The Morgan fingerprint density at radius 3 is 2.50 bits per heavy atom. The van der Waals surface area contributed by atoms with Gasteiger partial charge in [-0.25, -0.2) is 4.39 Å². The number of nitrogen functional groups attached to an aromatic ring is 1. The lowest BCUT2D eigenvalue weighted by molar-refractivity contribution is 0.626. The average molecular weight is 261 g/mol. The first-order chi connectivity index (χ1) is 8.56. The summed E-state index contributed by atoms with van der Waals surface area (Å²) in [5.41, 5.74) is 9.85. The van der Waals surface area contributed by atoms with Crippen molar-refractivity contribution in [1.29, 1.82) is 0 Å². The molecule has 0 bridgehead atoms. The number of hydrogen-bond acceptors (Lipinski definition) is 2. The maximum absolute atomic E-state index is 13.0. The average Bonchev–Trinajstić information content (AvgIpc) is 2.30. The third-order valence-corrected chi connectivity index (χ3v) is 4.11. The van der Waals surface area contributed by atoms with Gasteiger partial charge in [0.25, 0.3) is 0 Å². The molecule has 0 spiro atoms. The van der Waals surface area contributed by atoms with E-state index in [1.807, 2.05) is 31.2 Å². The molecular formula is C15H16FNS. The van der Waals surface area contributed by atoms with Gasteiger partial charge in [0.1, 0.15) is 5.82 Å². The predicted molar refractivity (Wildman–Crippen MR) is 76.3 cm³/mol. The van der Waals surface area contributed by atoms with Gasteiger partial charge >= 0.3 is 0 Å². The minimum absolute atomic E-state index is 0.176. The van der Waals surface area contributed by atoms with Crippen LogP contribution in [-0.4, -0.2) is 0 Å². The molecule has 0 radical (unpaired) electrons. The first kappa shape index (κ1) is 13.0. The zero-order chi connectivity index (χ0) is 13.1. The highest BCUT2D eigenvalue weighted by Crippen LogP contribution is 2.28. The Hall–Kier alpha value is -1.48. The number of anilines is 1. The first-order valence-corrected chi connectivity index (χ1v) is 6.79. The topological polar surface area (TPSA) is 26.0 Å². The van der Waals surface area contributed by atoms with E-state index in [0.29, 0.717) is 0 Å². The highest BCUT2D eigenvalue weighted by molar-refractivity contribution is 7.98. The molecule has 2 rings (SSSR count). The van der Waals surface area contributed by atoms with Crippen LogP contribution in [0.3, 0.4) is 0 Å². The number of halogens is 1. The second kappa shape index (κ2) is 5.44. The standard InChI is InChI=1S/C15H16FNS/c1-10-7-13(16)4-3-12(10)9-18-15-6-5-14(17)8-11(15)2/h3-8H,9,17H2,1-2H3. The highest BCUT2D eigenvalue weighted by atomic mass is 32.2. The summed E-state index contributed by atoms with van der Waals surface area (Å²) in [5.74, 6) is 0.668. The second-order valence-corrected chi connectivity index (χ2v) is 5.40. The van der Waals surface area contributed by atoms with Gasteiger partial charge in [-0.1, -0.05) is 6.07 Å². The van der Waals surface area contributed by atoms with Gasteiger partial charge in [0.05, 0.1) is 0 Å². The van der Waals surface area contributed by atoms with Crippen LogP contribution in [0.1, 0.15) is 16.7 Å². The summed E-state index contributed by atoms with van der Waals surface area (Å²) in [6.07, 6.45) is 0. The fourth-order valence-corrected chi connectivity index (χ4v) is 2.90. The van der Waals surface area contributed by atoms with E-state index in [-0.39, 0.29) is 5.82 Å². The van der Waals surface area contributed by atoms with E-state index >= 15 is 0 Å². The molecule has 1 nitrogen and oxygen atoms in total. The van der Waals surface area contributed by atoms with Gasteiger partial charge < -0.3 is 5.73 Å². The van der Waals surface area contributed by atoms with Crippen molar-refractivity contribution in [1.82, 2.24) is 0 Å². The molecule has 94 valence electrons. The van der Waals surface area contributed by atoms with Crippen LogP contribution >= 0.6 is 11.8 Å². The largest absolute Gasteiger partial charge is 0.399 e. The van der Waals surface area contributed by atoms with Crippen LogP contribution < -0.4 is 5.73 Å². The Balaban J connectivity index is 2.11. The lowest BCUT2D eigenvalue weighted by Crippen LogP contribution is -1.90. The van der Waals surface area contributed by atoms with Crippen molar-refractivity contribution in [2.45, 2.75) is 24.5 Å². The molecular weight excluding hydrogens is 245 g/mol. The number of rotatable bonds is 3. The van der Waals surface area contributed by atoms with Crippen LogP contribution in [0.15, 0.2) is 41.3 Å². The Labute approximate surface area is 111 Å². The summed E-state index contributed by atoms with van der Waals surface area (Å²) in [5, 5.41) is 0. The minimum atomic E-state index is -0.176. The first-order valence-electron chi connectivity index (χ1n) is 5.80. The molecule has 0 fully saturated rings. The summed E-state index contributed by atoms with van der Waals surface area (Å²) < 4.78 is 13.0. The molecule has 2 aromatic rings. The predicted octanol–water partition coefficient (Wildman–Crippen LogP) is 4.32. The molecule has 0 unspecified atom stereocenters. The van der Waals surface area contributed by atoms with Crippen molar-refractivity contribution in [3.63, 3.8) is 0 Å². The van der Waals surface area contributed by atoms with Crippen molar-refractivity contribution < 1.29 is 4.39 Å². The fraction of sp³-hybridized carbons (Fsp3) is 0.200. The Kier molecular flexibility index (Phi) is 3.92. The normalized spacial score (nSPS) is 10.6. The Bertz CT molecular complexity index is 515. The monoisotopic (exact) mass is 261 g/mol. The number of nitrogens with two attached hydrogens (primary N) is 1.